The number of benzene rings is 3. The number of ether oxygens (including phenoxy) is 1. The highest BCUT2D eigenvalue weighted by Gasteiger charge is 2.33. The molecule has 0 saturated carbocycles. The van der Waals surface area contributed by atoms with Crippen LogP contribution < -0.4 is 10.1 Å². The van der Waals surface area contributed by atoms with E-state index in [0.717, 1.165) is 11.1 Å². The highest BCUT2D eigenvalue weighted by atomic mass is 19.1. The van der Waals surface area contributed by atoms with Gasteiger partial charge in [0.05, 0.1) is 12.0 Å². The van der Waals surface area contributed by atoms with Crippen LogP contribution in [0.4, 0.5) is 4.39 Å². The summed E-state index contributed by atoms with van der Waals surface area (Å²) in [6, 6.07) is 21.4. The lowest BCUT2D eigenvalue weighted by Gasteiger charge is -2.28. The van der Waals surface area contributed by atoms with Crippen LogP contribution >= 0.6 is 0 Å². The van der Waals surface area contributed by atoms with Gasteiger partial charge in [-0.1, -0.05) is 48.5 Å². The molecule has 5 heteroatoms. The molecule has 1 aliphatic rings. The number of hydrogen-bond acceptors (Lipinski definition) is 3. The van der Waals surface area contributed by atoms with E-state index >= 15 is 0 Å². The van der Waals surface area contributed by atoms with Gasteiger partial charge in [-0.25, -0.2) is 4.39 Å². The molecule has 0 bridgehead atoms. The van der Waals surface area contributed by atoms with E-state index in [-0.39, 0.29) is 5.91 Å². The summed E-state index contributed by atoms with van der Waals surface area (Å²) in [7, 11) is 0. The minimum atomic E-state index is -0.875. The maximum absolute atomic E-state index is 13.2. The molecule has 27 heavy (non-hydrogen) atoms. The first-order valence-electron chi connectivity index (χ1n) is 8.48. The van der Waals surface area contributed by atoms with Crippen LogP contribution in [0.3, 0.4) is 0 Å². The fourth-order valence-electron chi connectivity index (χ4n) is 3.26. The topological polar surface area (TPSA) is 62.1 Å². The molecular weight excluding hydrogens is 343 g/mol. The zero-order valence-electron chi connectivity index (χ0n) is 14.2. The van der Waals surface area contributed by atoms with Gasteiger partial charge >= 0.3 is 0 Å². The number of carbonyl (C=O) groups is 1. The number of carbonyl (C=O) groups excluding carboxylic acids is 1. The summed E-state index contributed by atoms with van der Waals surface area (Å²) in [4.78, 5) is 13.1. The molecule has 0 saturated heterocycles. The van der Waals surface area contributed by atoms with Gasteiger partial charge in [0.15, 0.2) is 0 Å². The molecule has 4 nitrogen and oxygen atoms in total. The maximum atomic E-state index is 13.2. The van der Waals surface area contributed by atoms with Crippen molar-refractivity contribution in [2.45, 2.75) is 12.0 Å². The standard InChI is InChI=1S/C22H15FN2O2/c23-15-11-9-14(10-12-15)18(13-24)25-22(26)21-16-5-1-3-7-19(16)27-20-8-4-2-6-17(20)21/h1-12,18,21H,(H,25,26)/t18-/m1/s1. The van der Waals surface area contributed by atoms with E-state index in [1.54, 1.807) is 0 Å². The zero-order valence-corrected chi connectivity index (χ0v) is 14.2. The van der Waals surface area contributed by atoms with E-state index < -0.39 is 17.8 Å². The van der Waals surface area contributed by atoms with E-state index in [9.17, 15) is 14.4 Å². The van der Waals surface area contributed by atoms with Crippen LogP contribution in [-0.4, -0.2) is 5.91 Å². The summed E-state index contributed by atoms with van der Waals surface area (Å²) in [5, 5.41) is 12.3. The van der Waals surface area contributed by atoms with Gasteiger partial charge < -0.3 is 10.1 Å². The first-order valence-corrected chi connectivity index (χ1v) is 8.48. The molecule has 132 valence electrons. The van der Waals surface area contributed by atoms with Crippen molar-refractivity contribution in [3.63, 3.8) is 0 Å². The number of hydrogen-bond donors (Lipinski definition) is 1. The van der Waals surface area contributed by atoms with Crippen molar-refractivity contribution in [1.82, 2.24) is 5.32 Å². The Kier molecular flexibility index (Phi) is 4.31. The van der Waals surface area contributed by atoms with E-state index in [2.05, 4.69) is 11.4 Å². The SMILES string of the molecule is N#C[C@@H](NC(=O)C1c2ccccc2Oc2ccccc21)c1ccc(F)cc1. The van der Waals surface area contributed by atoms with Crippen LogP contribution in [0.15, 0.2) is 72.8 Å². The molecule has 0 spiro atoms. The molecule has 1 aliphatic heterocycles. The summed E-state index contributed by atoms with van der Waals surface area (Å²) >= 11 is 0. The number of rotatable bonds is 3. The van der Waals surface area contributed by atoms with Crippen molar-refractivity contribution in [3.05, 3.63) is 95.3 Å². The van der Waals surface area contributed by atoms with Crippen molar-refractivity contribution in [3.8, 4) is 17.6 Å². The smallest absolute Gasteiger partial charge is 0.233 e. The van der Waals surface area contributed by atoms with Crippen LogP contribution in [-0.2, 0) is 4.79 Å². The van der Waals surface area contributed by atoms with E-state index in [4.69, 9.17) is 4.74 Å². The minimum Gasteiger partial charge on any atom is -0.457 e. The Morgan fingerprint density at radius 1 is 0.963 bits per heavy atom. The lowest BCUT2D eigenvalue weighted by atomic mass is 9.87. The third kappa shape index (κ3) is 3.13. The number of halogens is 1. The van der Waals surface area contributed by atoms with Crippen LogP contribution in [0.25, 0.3) is 0 Å². The molecule has 0 unspecified atom stereocenters. The van der Waals surface area contributed by atoms with Crippen LogP contribution in [0.5, 0.6) is 11.5 Å². The molecule has 4 rings (SSSR count). The normalized spacial score (nSPS) is 13.5. The van der Waals surface area contributed by atoms with Crippen molar-refractivity contribution < 1.29 is 13.9 Å². The highest BCUT2D eigenvalue weighted by Crippen LogP contribution is 2.44. The quantitative estimate of drug-likeness (QED) is 0.753. The fraction of sp³-hybridized carbons (Fsp3) is 0.0909. The van der Waals surface area contributed by atoms with Gasteiger partial charge in [-0.05, 0) is 29.8 Å². The molecule has 0 fully saturated rings. The summed E-state index contributed by atoms with van der Waals surface area (Å²) in [6.07, 6.45) is 0. The predicted octanol–water partition coefficient (Wildman–Crippen LogP) is 4.44. The summed E-state index contributed by atoms with van der Waals surface area (Å²) in [5.74, 6) is -0.0659. The molecule has 1 heterocycles. The van der Waals surface area contributed by atoms with Gasteiger partial charge in [0, 0.05) is 11.1 Å². The van der Waals surface area contributed by atoms with Gasteiger partial charge in [-0.2, -0.15) is 5.26 Å². The minimum absolute atomic E-state index is 0.311. The molecule has 1 amide bonds. The second-order valence-electron chi connectivity index (χ2n) is 6.23. The molecule has 1 atom stereocenters. The van der Waals surface area contributed by atoms with Crippen molar-refractivity contribution in [2.75, 3.05) is 0 Å². The Labute approximate surface area is 155 Å². The Bertz CT molecular complexity index is 995. The number of para-hydroxylation sites is 2. The third-order valence-electron chi connectivity index (χ3n) is 4.56. The van der Waals surface area contributed by atoms with Crippen molar-refractivity contribution >= 4 is 5.91 Å². The number of fused-ring (bicyclic) bond motifs is 2. The summed E-state index contributed by atoms with van der Waals surface area (Å²) in [5.41, 5.74) is 2.01. The van der Waals surface area contributed by atoms with E-state index in [1.165, 1.54) is 24.3 Å². The van der Waals surface area contributed by atoms with Gasteiger partial charge in [0.2, 0.25) is 5.91 Å². The van der Waals surface area contributed by atoms with Gasteiger partial charge in [0.1, 0.15) is 23.4 Å². The third-order valence-corrected chi connectivity index (χ3v) is 4.56. The second-order valence-corrected chi connectivity index (χ2v) is 6.23. The largest absolute Gasteiger partial charge is 0.457 e. The molecule has 1 N–H and O–H groups in total. The van der Waals surface area contributed by atoms with Crippen molar-refractivity contribution in [1.29, 1.82) is 5.26 Å². The second kappa shape index (κ2) is 6.93. The highest BCUT2D eigenvalue weighted by molar-refractivity contribution is 5.90. The van der Waals surface area contributed by atoms with E-state index in [0.29, 0.717) is 17.1 Å². The van der Waals surface area contributed by atoms with Crippen LogP contribution in [0.2, 0.25) is 0 Å². The monoisotopic (exact) mass is 358 g/mol. The molecule has 0 radical (unpaired) electrons. The number of nitrogens with zero attached hydrogens (tertiary/aromatic N) is 1. The lowest BCUT2D eigenvalue weighted by molar-refractivity contribution is -0.122. The van der Waals surface area contributed by atoms with Crippen LogP contribution in [0.1, 0.15) is 28.7 Å². The van der Waals surface area contributed by atoms with Gasteiger partial charge in [-0.3, -0.25) is 4.79 Å². The van der Waals surface area contributed by atoms with Gasteiger partial charge in [-0.15, -0.1) is 0 Å². The Morgan fingerprint density at radius 2 is 1.52 bits per heavy atom. The average molecular weight is 358 g/mol. The van der Waals surface area contributed by atoms with Crippen LogP contribution in [0, 0.1) is 17.1 Å². The Hall–Kier alpha value is -3.65. The van der Waals surface area contributed by atoms with E-state index in [1.807, 2.05) is 48.5 Å². The maximum Gasteiger partial charge on any atom is 0.233 e. The predicted molar refractivity (Wildman–Crippen MR) is 97.7 cm³/mol. The zero-order chi connectivity index (χ0) is 18.8. The lowest BCUT2D eigenvalue weighted by Crippen LogP contribution is -2.34. The summed E-state index contributed by atoms with van der Waals surface area (Å²) < 4.78 is 19.1. The molecule has 3 aromatic carbocycles. The molecular formula is C22H15FN2O2. The number of amides is 1. The molecule has 0 aromatic heterocycles. The first-order chi connectivity index (χ1) is 13.2. The number of nitriles is 1. The Morgan fingerprint density at radius 3 is 2.07 bits per heavy atom. The van der Waals surface area contributed by atoms with Gasteiger partial charge in [0.25, 0.3) is 0 Å². The van der Waals surface area contributed by atoms with Crippen molar-refractivity contribution in [2.24, 2.45) is 0 Å². The average Bonchev–Trinajstić information content (AvgIpc) is 2.70. The molecule has 3 aromatic rings. The fourth-order valence-corrected chi connectivity index (χ4v) is 3.26. The first kappa shape index (κ1) is 16.8. The number of nitrogens with one attached hydrogen (secondary N) is 1. The molecule has 0 aliphatic carbocycles. The Balaban J connectivity index is 1.69. The summed E-state index contributed by atoms with van der Waals surface area (Å²) in [6.45, 7) is 0.